The number of pyridine rings is 1. The average Bonchev–Trinajstić information content (AvgIpc) is 3.30. The van der Waals surface area contributed by atoms with Gasteiger partial charge >= 0.3 is 12.1 Å². The molecular weight excluding hydrogens is 417 g/mol. The van der Waals surface area contributed by atoms with Crippen LogP contribution in [0.2, 0.25) is 0 Å². The van der Waals surface area contributed by atoms with Crippen molar-refractivity contribution in [2.24, 2.45) is 11.3 Å². The molecule has 2 fully saturated rings. The molecule has 7 nitrogen and oxygen atoms in total. The molecule has 0 unspecified atom stereocenters. The first-order valence-electron chi connectivity index (χ1n) is 9.46. The van der Waals surface area contributed by atoms with Gasteiger partial charge in [-0.3, -0.25) is 9.78 Å². The Hall–Kier alpha value is -3.14. The molecule has 2 saturated heterocycles. The van der Waals surface area contributed by atoms with E-state index in [0.29, 0.717) is 32.3 Å². The fourth-order valence-electron chi connectivity index (χ4n) is 3.61. The Kier molecular flexibility index (Phi) is 6.79. The fraction of sp³-hybridized carbons (Fsp3) is 0.381. The molecule has 3 heterocycles. The van der Waals surface area contributed by atoms with Gasteiger partial charge in [0.05, 0.1) is 31.4 Å². The van der Waals surface area contributed by atoms with E-state index in [1.807, 2.05) is 47.4 Å². The summed E-state index contributed by atoms with van der Waals surface area (Å²) in [5, 5.41) is 7.12. The van der Waals surface area contributed by atoms with E-state index in [-0.39, 0.29) is 11.3 Å². The van der Waals surface area contributed by atoms with Gasteiger partial charge in [0, 0.05) is 30.8 Å². The first-order valence-corrected chi connectivity index (χ1v) is 9.46. The van der Waals surface area contributed by atoms with Crippen LogP contribution in [0.1, 0.15) is 10.4 Å². The summed E-state index contributed by atoms with van der Waals surface area (Å²) in [5.74, 6) is -1.59. The number of aliphatic carboxylic acids is 1. The molecule has 0 spiro atoms. The zero-order valence-corrected chi connectivity index (χ0v) is 16.4. The zero-order valence-electron chi connectivity index (χ0n) is 16.4. The van der Waals surface area contributed by atoms with Gasteiger partial charge < -0.3 is 19.5 Å². The van der Waals surface area contributed by atoms with Gasteiger partial charge in [-0.05, 0) is 24.3 Å². The predicted octanol–water partition coefficient (Wildman–Crippen LogP) is 2.88. The molecule has 166 valence electrons. The standard InChI is InChI=1S/C19H20N2O3.C2HF3O2/c22-18(15-5-2-1-3-6-15)21-10-16-11-23-13-19(16,12-21)14-24-17-7-4-8-20-9-17;3-2(4,5)1(6)7/h1-9,16H,10-14H2;(H,6,7)/t16-,19+;/m1./s1. The van der Waals surface area contributed by atoms with Crippen molar-refractivity contribution in [2.75, 3.05) is 32.9 Å². The molecule has 10 heteroatoms. The number of likely N-dealkylation sites (tertiary alicyclic amines) is 1. The van der Waals surface area contributed by atoms with E-state index in [4.69, 9.17) is 19.4 Å². The normalized spacial score (nSPS) is 22.3. The number of hydrogen-bond acceptors (Lipinski definition) is 5. The summed E-state index contributed by atoms with van der Waals surface area (Å²) < 4.78 is 43.4. The van der Waals surface area contributed by atoms with Gasteiger partial charge in [0.2, 0.25) is 0 Å². The molecule has 31 heavy (non-hydrogen) atoms. The summed E-state index contributed by atoms with van der Waals surface area (Å²) in [6.07, 6.45) is -1.65. The molecule has 2 aliphatic heterocycles. The lowest BCUT2D eigenvalue weighted by Gasteiger charge is -2.27. The summed E-state index contributed by atoms with van der Waals surface area (Å²) in [6.45, 7) is 3.27. The highest BCUT2D eigenvalue weighted by Crippen LogP contribution is 2.42. The molecule has 0 bridgehead atoms. The van der Waals surface area contributed by atoms with Gasteiger partial charge in [-0.2, -0.15) is 13.2 Å². The number of benzene rings is 1. The first kappa shape index (κ1) is 22.5. The lowest BCUT2D eigenvalue weighted by atomic mass is 9.82. The number of carboxylic acids is 1. The summed E-state index contributed by atoms with van der Waals surface area (Å²) >= 11 is 0. The van der Waals surface area contributed by atoms with Crippen molar-refractivity contribution in [3.05, 3.63) is 60.4 Å². The third kappa shape index (κ3) is 5.52. The second kappa shape index (κ2) is 9.34. The summed E-state index contributed by atoms with van der Waals surface area (Å²) in [4.78, 5) is 27.6. The summed E-state index contributed by atoms with van der Waals surface area (Å²) in [7, 11) is 0. The van der Waals surface area contributed by atoms with Crippen LogP contribution in [0.4, 0.5) is 13.2 Å². The molecule has 1 N–H and O–H groups in total. The number of hydrogen-bond donors (Lipinski definition) is 1. The van der Waals surface area contributed by atoms with Crippen molar-refractivity contribution >= 4 is 11.9 Å². The summed E-state index contributed by atoms with van der Waals surface area (Å²) in [6, 6.07) is 13.2. The molecule has 1 aromatic heterocycles. The number of nitrogens with zero attached hydrogens (tertiary/aromatic N) is 2. The molecule has 2 aromatic rings. The summed E-state index contributed by atoms with van der Waals surface area (Å²) in [5.41, 5.74) is 0.613. The molecule has 2 atom stereocenters. The minimum absolute atomic E-state index is 0.0887. The quantitative estimate of drug-likeness (QED) is 0.790. The minimum atomic E-state index is -5.08. The maximum absolute atomic E-state index is 12.7. The zero-order chi connectivity index (χ0) is 22.5. The first-order chi connectivity index (χ1) is 14.7. The lowest BCUT2D eigenvalue weighted by molar-refractivity contribution is -0.192. The van der Waals surface area contributed by atoms with Crippen LogP contribution in [0.5, 0.6) is 5.75 Å². The molecule has 4 rings (SSSR count). The number of ether oxygens (including phenoxy) is 2. The maximum atomic E-state index is 12.7. The predicted molar refractivity (Wildman–Crippen MR) is 103 cm³/mol. The van der Waals surface area contributed by atoms with Crippen LogP contribution in [-0.4, -0.2) is 66.0 Å². The largest absolute Gasteiger partial charge is 0.491 e. The Morgan fingerprint density at radius 1 is 1.23 bits per heavy atom. The van der Waals surface area contributed by atoms with Crippen molar-refractivity contribution in [2.45, 2.75) is 6.18 Å². The SMILES string of the molecule is O=C(O)C(F)(F)F.O=C(c1ccccc1)N1C[C@@H]2COC[C@]2(COc2cccnc2)C1. The average molecular weight is 438 g/mol. The van der Waals surface area contributed by atoms with Gasteiger partial charge in [0.15, 0.2) is 0 Å². The van der Waals surface area contributed by atoms with Gasteiger partial charge in [0.25, 0.3) is 5.91 Å². The van der Waals surface area contributed by atoms with Crippen LogP contribution in [0.15, 0.2) is 54.9 Å². The second-order valence-electron chi connectivity index (χ2n) is 7.41. The van der Waals surface area contributed by atoms with Crippen molar-refractivity contribution in [3.8, 4) is 5.75 Å². The van der Waals surface area contributed by atoms with Crippen LogP contribution in [-0.2, 0) is 9.53 Å². The Balaban J connectivity index is 0.000000339. The Labute approximate surface area is 176 Å². The number of fused-ring (bicyclic) bond motifs is 1. The van der Waals surface area contributed by atoms with Crippen LogP contribution in [0, 0.1) is 11.3 Å². The second-order valence-corrected chi connectivity index (χ2v) is 7.41. The number of carboxylic acid groups (broad SMARTS) is 1. The Morgan fingerprint density at radius 2 is 1.94 bits per heavy atom. The third-order valence-corrected chi connectivity index (χ3v) is 5.23. The number of rotatable bonds is 4. The lowest BCUT2D eigenvalue weighted by Crippen LogP contribution is -2.38. The van der Waals surface area contributed by atoms with Crippen LogP contribution in [0.25, 0.3) is 0 Å². The highest BCUT2D eigenvalue weighted by molar-refractivity contribution is 5.94. The number of carbonyl (C=O) groups excluding carboxylic acids is 1. The van der Waals surface area contributed by atoms with E-state index in [0.717, 1.165) is 17.9 Å². The van der Waals surface area contributed by atoms with Crippen LogP contribution < -0.4 is 4.74 Å². The highest BCUT2D eigenvalue weighted by Gasteiger charge is 2.52. The van der Waals surface area contributed by atoms with Gasteiger partial charge in [-0.25, -0.2) is 4.79 Å². The van der Waals surface area contributed by atoms with Crippen molar-refractivity contribution < 1.29 is 37.3 Å². The molecule has 0 saturated carbocycles. The third-order valence-electron chi connectivity index (χ3n) is 5.23. The van der Waals surface area contributed by atoms with Gasteiger partial charge in [0.1, 0.15) is 5.75 Å². The van der Waals surface area contributed by atoms with Gasteiger partial charge in [-0.15, -0.1) is 0 Å². The maximum Gasteiger partial charge on any atom is 0.490 e. The van der Waals surface area contributed by atoms with E-state index in [9.17, 15) is 18.0 Å². The van der Waals surface area contributed by atoms with Crippen LogP contribution >= 0.6 is 0 Å². The molecule has 1 aromatic carbocycles. The molecule has 1 amide bonds. The van der Waals surface area contributed by atoms with Crippen molar-refractivity contribution in [3.63, 3.8) is 0 Å². The van der Waals surface area contributed by atoms with E-state index in [2.05, 4.69) is 4.98 Å². The number of alkyl halides is 3. The highest BCUT2D eigenvalue weighted by atomic mass is 19.4. The van der Waals surface area contributed by atoms with E-state index in [1.54, 1.807) is 12.4 Å². The molecular formula is C21H21F3N2O5. The minimum Gasteiger partial charge on any atom is -0.491 e. The topological polar surface area (TPSA) is 89.0 Å². The van der Waals surface area contributed by atoms with E-state index in [1.165, 1.54) is 0 Å². The number of aromatic nitrogens is 1. The van der Waals surface area contributed by atoms with Crippen LogP contribution in [0.3, 0.4) is 0 Å². The Bertz CT molecular complexity index is 895. The number of halogens is 3. The molecule has 0 aliphatic carbocycles. The van der Waals surface area contributed by atoms with E-state index < -0.39 is 12.1 Å². The van der Waals surface area contributed by atoms with Crippen molar-refractivity contribution in [1.82, 2.24) is 9.88 Å². The molecule has 2 aliphatic rings. The number of amides is 1. The molecule has 0 radical (unpaired) electrons. The Morgan fingerprint density at radius 3 is 2.55 bits per heavy atom. The van der Waals surface area contributed by atoms with Crippen molar-refractivity contribution in [1.29, 1.82) is 0 Å². The fourth-order valence-corrected chi connectivity index (χ4v) is 3.61. The van der Waals surface area contributed by atoms with Gasteiger partial charge in [-0.1, -0.05) is 18.2 Å². The number of carbonyl (C=O) groups is 2. The smallest absolute Gasteiger partial charge is 0.490 e. The van der Waals surface area contributed by atoms with E-state index >= 15 is 0 Å². The monoisotopic (exact) mass is 438 g/mol.